The minimum absolute atomic E-state index is 0. The van der Waals surface area contributed by atoms with Crippen LogP contribution in [0.1, 0.15) is 24.8 Å². The fourth-order valence-corrected chi connectivity index (χ4v) is 2.88. The summed E-state index contributed by atoms with van der Waals surface area (Å²) in [4.78, 5) is 24.7. The van der Waals surface area contributed by atoms with Crippen LogP contribution in [0, 0.1) is 16.0 Å². The van der Waals surface area contributed by atoms with Crippen molar-refractivity contribution in [1.29, 1.82) is 0 Å². The molecular weight excluding hydrogens is 306 g/mol. The van der Waals surface area contributed by atoms with Crippen molar-refractivity contribution >= 4 is 24.0 Å². The number of carbonyl (C=O) groups excluding carboxylic acids is 1. The summed E-state index contributed by atoms with van der Waals surface area (Å²) >= 11 is 0. The second-order valence-corrected chi connectivity index (χ2v) is 5.49. The van der Waals surface area contributed by atoms with Gasteiger partial charge in [-0.15, -0.1) is 12.4 Å². The molecule has 1 unspecified atom stereocenters. The van der Waals surface area contributed by atoms with E-state index in [4.69, 9.17) is 5.73 Å². The van der Waals surface area contributed by atoms with E-state index in [1.807, 2.05) is 4.90 Å². The molecule has 7 heteroatoms. The lowest BCUT2D eigenvalue weighted by atomic mass is 9.94. The zero-order valence-electron chi connectivity index (χ0n) is 12.4. The van der Waals surface area contributed by atoms with Gasteiger partial charge < -0.3 is 10.6 Å². The van der Waals surface area contributed by atoms with Gasteiger partial charge in [-0.05, 0) is 31.7 Å². The topological polar surface area (TPSA) is 89.5 Å². The lowest BCUT2D eigenvalue weighted by Crippen LogP contribution is -2.41. The van der Waals surface area contributed by atoms with E-state index in [1.165, 1.54) is 6.07 Å². The summed E-state index contributed by atoms with van der Waals surface area (Å²) in [5.74, 6) is 0.421. The summed E-state index contributed by atoms with van der Waals surface area (Å²) in [6.07, 6.45) is 3.10. The van der Waals surface area contributed by atoms with Crippen molar-refractivity contribution in [3.63, 3.8) is 0 Å². The lowest BCUT2D eigenvalue weighted by Gasteiger charge is -2.32. The highest BCUT2D eigenvalue weighted by Gasteiger charge is 2.25. The molecule has 0 bridgehead atoms. The van der Waals surface area contributed by atoms with E-state index in [0.29, 0.717) is 18.0 Å². The van der Waals surface area contributed by atoms with E-state index < -0.39 is 4.92 Å². The first-order valence-electron chi connectivity index (χ1n) is 7.32. The molecule has 0 aliphatic carbocycles. The second-order valence-electron chi connectivity index (χ2n) is 5.49. The number of piperidine rings is 1. The molecule has 1 aromatic carbocycles. The van der Waals surface area contributed by atoms with Crippen molar-refractivity contribution in [2.24, 2.45) is 11.7 Å². The quantitative estimate of drug-likeness (QED) is 0.662. The van der Waals surface area contributed by atoms with Crippen LogP contribution in [-0.4, -0.2) is 35.4 Å². The van der Waals surface area contributed by atoms with Crippen molar-refractivity contribution in [1.82, 2.24) is 4.90 Å². The van der Waals surface area contributed by atoms with Crippen LogP contribution in [0.5, 0.6) is 0 Å². The zero-order chi connectivity index (χ0) is 15.2. The van der Waals surface area contributed by atoms with Crippen LogP contribution in [-0.2, 0) is 11.2 Å². The smallest absolute Gasteiger partial charge is 0.273 e. The number of nitro groups is 1. The normalized spacial score (nSPS) is 17.7. The van der Waals surface area contributed by atoms with Crippen molar-refractivity contribution in [3.8, 4) is 0 Å². The van der Waals surface area contributed by atoms with E-state index >= 15 is 0 Å². The van der Waals surface area contributed by atoms with E-state index in [-0.39, 0.29) is 30.4 Å². The minimum Gasteiger partial charge on any atom is -0.342 e. The fraction of sp³-hybridized carbons (Fsp3) is 0.533. The van der Waals surface area contributed by atoms with Gasteiger partial charge in [-0.2, -0.15) is 0 Å². The Balaban J connectivity index is 0.00000242. The van der Waals surface area contributed by atoms with E-state index in [2.05, 4.69) is 0 Å². The molecule has 6 nitrogen and oxygen atoms in total. The average Bonchev–Trinajstić information content (AvgIpc) is 2.48. The zero-order valence-corrected chi connectivity index (χ0v) is 13.3. The van der Waals surface area contributed by atoms with Gasteiger partial charge in [0.25, 0.3) is 5.69 Å². The maximum absolute atomic E-state index is 12.4. The van der Waals surface area contributed by atoms with E-state index in [9.17, 15) is 14.9 Å². The Morgan fingerprint density at radius 1 is 1.41 bits per heavy atom. The van der Waals surface area contributed by atoms with Gasteiger partial charge in [-0.3, -0.25) is 14.9 Å². The minimum atomic E-state index is -0.434. The van der Waals surface area contributed by atoms with Crippen LogP contribution in [0.25, 0.3) is 0 Å². The second kappa shape index (κ2) is 8.70. The third-order valence-electron chi connectivity index (χ3n) is 3.98. The number of nitrogens with zero attached hydrogens (tertiary/aromatic N) is 2. The summed E-state index contributed by atoms with van der Waals surface area (Å²) in [7, 11) is 0. The molecule has 1 amide bonds. The third kappa shape index (κ3) is 4.68. The maximum Gasteiger partial charge on any atom is 0.273 e. The molecule has 2 N–H and O–H groups in total. The van der Waals surface area contributed by atoms with Crippen molar-refractivity contribution in [2.45, 2.75) is 25.7 Å². The summed E-state index contributed by atoms with van der Waals surface area (Å²) in [6.45, 7) is 2.09. The Morgan fingerprint density at radius 2 is 2.14 bits per heavy atom. The Bertz CT molecular complexity index is 523. The van der Waals surface area contributed by atoms with E-state index in [0.717, 1.165) is 32.4 Å². The number of nitrogens with two attached hydrogens (primary N) is 1. The van der Waals surface area contributed by atoms with Gasteiger partial charge in [-0.25, -0.2) is 0 Å². The third-order valence-corrected chi connectivity index (χ3v) is 3.98. The molecule has 1 heterocycles. The Hall–Kier alpha value is -1.66. The standard InChI is InChI=1S/C15H21N3O3.ClH/c16-8-7-12-4-3-9-17(11-12)15(19)10-13-5-1-2-6-14(13)18(20)21;/h1-2,5-6,12H,3-4,7-11,16H2;1H. The number of halogens is 1. The highest BCUT2D eigenvalue weighted by molar-refractivity contribution is 5.85. The molecule has 0 saturated carbocycles. The van der Waals surface area contributed by atoms with Gasteiger partial charge in [0.2, 0.25) is 5.91 Å². The number of para-hydroxylation sites is 1. The number of rotatable bonds is 5. The molecule has 122 valence electrons. The number of nitro benzene ring substituents is 1. The van der Waals surface area contributed by atoms with Gasteiger partial charge in [-0.1, -0.05) is 18.2 Å². The molecule has 1 aliphatic rings. The fourth-order valence-electron chi connectivity index (χ4n) is 2.88. The molecule has 2 rings (SSSR count). The Labute approximate surface area is 136 Å². The molecular formula is C15H22ClN3O3. The first kappa shape index (κ1) is 18.4. The van der Waals surface area contributed by atoms with Crippen LogP contribution in [0.15, 0.2) is 24.3 Å². The predicted molar refractivity (Wildman–Crippen MR) is 87.0 cm³/mol. The van der Waals surface area contributed by atoms with Crippen LogP contribution in [0.2, 0.25) is 0 Å². The molecule has 0 aromatic heterocycles. The molecule has 1 atom stereocenters. The SMILES string of the molecule is Cl.NCCC1CCCN(C(=O)Cc2ccccc2[N+](=O)[O-])C1. The van der Waals surface area contributed by atoms with Crippen molar-refractivity contribution in [2.75, 3.05) is 19.6 Å². The average molecular weight is 328 g/mol. The largest absolute Gasteiger partial charge is 0.342 e. The number of likely N-dealkylation sites (tertiary alicyclic amines) is 1. The molecule has 22 heavy (non-hydrogen) atoms. The van der Waals surface area contributed by atoms with Crippen molar-refractivity contribution in [3.05, 3.63) is 39.9 Å². The van der Waals surface area contributed by atoms with Gasteiger partial charge in [0.05, 0.1) is 11.3 Å². The Morgan fingerprint density at radius 3 is 2.82 bits per heavy atom. The van der Waals surface area contributed by atoms with Crippen LogP contribution >= 0.6 is 12.4 Å². The number of hydrogen-bond acceptors (Lipinski definition) is 4. The van der Waals surface area contributed by atoms with Gasteiger partial charge in [0, 0.05) is 24.7 Å². The first-order chi connectivity index (χ1) is 10.1. The van der Waals surface area contributed by atoms with Crippen LogP contribution < -0.4 is 5.73 Å². The number of hydrogen-bond donors (Lipinski definition) is 1. The number of benzene rings is 1. The van der Waals surface area contributed by atoms with Crippen LogP contribution in [0.3, 0.4) is 0 Å². The van der Waals surface area contributed by atoms with Gasteiger partial charge in [0.15, 0.2) is 0 Å². The summed E-state index contributed by atoms with van der Waals surface area (Å²) in [5.41, 5.74) is 6.07. The molecule has 1 aromatic rings. The Kier molecular flexibility index (Phi) is 7.27. The first-order valence-corrected chi connectivity index (χ1v) is 7.32. The summed E-state index contributed by atoms with van der Waals surface area (Å²) in [5, 5.41) is 11.0. The number of carbonyl (C=O) groups is 1. The summed E-state index contributed by atoms with van der Waals surface area (Å²) < 4.78 is 0. The number of amides is 1. The van der Waals surface area contributed by atoms with Gasteiger partial charge in [0.1, 0.15) is 0 Å². The molecule has 1 saturated heterocycles. The summed E-state index contributed by atoms with van der Waals surface area (Å²) in [6, 6.07) is 6.43. The highest BCUT2D eigenvalue weighted by Crippen LogP contribution is 2.22. The molecule has 0 spiro atoms. The monoisotopic (exact) mass is 327 g/mol. The molecule has 1 fully saturated rings. The lowest BCUT2D eigenvalue weighted by molar-refractivity contribution is -0.385. The molecule has 0 radical (unpaired) electrons. The van der Waals surface area contributed by atoms with Gasteiger partial charge >= 0.3 is 0 Å². The van der Waals surface area contributed by atoms with Crippen LogP contribution in [0.4, 0.5) is 5.69 Å². The maximum atomic E-state index is 12.4. The molecule has 1 aliphatic heterocycles. The van der Waals surface area contributed by atoms with E-state index in [1.54, 1.807) is 18.2 Å². The predicted octanol–water partition coefficient (Wildman–Crippen LogP) is 2.15. The highest BCUT2D eigenvalue weighted by atomic mass is 35.5. The van der Waals surface area contributed by atoms with Crippen molar-refractivity contribution < 1.29 is 9.72 Å².